The molecule has 2 aromatic rings. The maximum atomic E-state index is 12.5. The van der Waals surface area contributed by atoms with Crippen LogP contribution in [0.4, 0.5) is 11.4 Å². The lowest BCUT2D eigenvalue weighted by molar-refractivity contribution is 0.102. The van der Waals surface area contributed by atoms with Gasteiger partial charge in [0.2, 0.25) is 0 Å². The van der Waals surface area contributed by atoms with E-state index < -0.39 is 0 Å². The first-order valence-electron chi connectivity index (χ1n) is 8.23. The average Bonchev–Trinajstić information content (AvgIpc) is 2.62. The van der Waals surface area contributed by atoms with Gasteiger partial charge in [-0.1, -0.05) is 6.92 Å². The van der Waals surface area contributed by atoms with Gasteiger partial charge in [0, 0.05) is 11.6 Å². The SMILES string of the molecule is CCCOc1ccc(C(=O)Nc2cc(OC)ccc2N)cc1OCC. The van der Waals surface area contributed by atoms with Crippen molar-refractivity contribution in [3.63, 3.8) is 0 Å². The highest BCUT2D eigenvalue weighted by molar-refractivity contribution is 6.06. The van der Waals surface area contributed by atoms with Gasteiger partial charge < -0.3 is 25.3 Å². The van der Waals surface area contributed by atoms with Gasteiger partial charge in [-0.2, -0.15) is 0 Å². The molecule has 0 aliphatic carbocycles. The van der Waals surface area contributed by atoms with Crippen molar-refractivity contribution in [1.82, 2.24) is 0 Å². The Labute approximate surface area is 147 Å². The molecule has 0 bridgehead atoms. The number of carbonyl (C=O) groups excluding carboxylic acids is 1. The Balaban J connectivity index is 2.22. The number of ether oxygens (including phenoxy) is 3. The number of methoxy groups -OCH3 is 1. The molecular weight excluding hydrogens is 320 g/mol. The molecule has 0 aromatic heterocycles. The second-order valence-corrected chi connectivity index (χ2v) is 5.35. The van der Waals surface area contributed by atoms with Crippen LogP contribution in [0, 0.1) is 0 Å². The minimum atomic E-state index is -0.289. The molecular formula is C19H24N2O4. The molecule has 0 spiro atoms. The molecule has 0 unspecified atom stereocenters. The van der Waals surface area contributed by atoms with Gasteiger partial charge in [-0.05, 0) is 43.7 Å². The molecule has 0 saturated carbocycles. The number of amides is 1. The van der Waals surface area contributed by atoms with E-state index in [1.165, 1.54) is 0 Å². The van der Waals surface area contributed by atoms with Crippen LogP contribution in [0.5, 0.6) is 17.2 Å². The van der Waals surface area contributed by atoms with Crippen LogP contribution in [0.25, 0.3) is 0 Å². The average molecular weight is 344 g/mol. The Hall–Kier alpha value is -2.89. The highest BCUT2D eigenvalue weighted by Gasteiger charge is 2.13. The topological polar surface area (TPSA) is 82.8 Å². The number of nitrogens with one attached hydrogen (secondary N) is 1. The Kier molecular flexibility index (Phi) is 6.51. The number of rotatable bonds is 8. The molecule has 0 aliphatic heterocycles. The monoisotopic (exact) mass is 344 g/mol. The normalized spacial score (nSPS) is 10.2. The molecule has 6 nitrogen and oxygen atoms in total. The molecule has 25 heavy (non-hydrogen) atoms. The third-order valence-electron chi connectivity index (χ3n) is 3.48. The second kappa shape index (κ2) is 8.82. The molecule has 2 aromatic carbocycles. The second-order valence-electron chi connectivity index (χ2n) is 5.35. The van der Waals surface area contributed by atoms with Gasteiger partial charge in [0.05, 0.1) is 31.7 Å². The van der Waals surface area contributed by atoms with Gasteiger partial charge >= 0.3 is 0 Å². The molecule has 0 heterocycles. The van der Waals surface area contributed by atoms with E-state index in [1.807, 2.05) is 13.8 Å². The minimum absolute atomic E-state index is 0.289. The Morgan fingerprint density at radius 3 is 2.56 bits per heavy atom. The van der Waals surface area contributed by atoms with E-state index in [0.29, 0.717) is 47.4 Å². The van der Waals surface area contributed by atoms with E-state index in [-0.39, 0.29) is 5.91 Å². The summed E-state index contributed by atoms with van der Waals surface area (Å²) < 4.78 is 16.4. The molecule has 1 amide bonds. The molecule has 0 fully saturated rings. The van der Waals surface area contributed by atoms with E-state index in [9.17, 15) is 4.79 Å². The fourth-order valence-electron chi connectivity index (χ4n) is 2.21. The Morgan fingerprint density at radius 2 is 1.88 bits per heavy atom. The molecule has 3 N–H and O–H groups in total. The van der Waals surface area contributed by atoms with Crippen LogP contribution in [0.2, 0.25) is 0 Å². The Morgan fingerprint density at radius 1 is 1.08 bits per heavy atom. The quantitative estimate of drug-likeness (QED) is 0.713. The van der Waals surface area contributed by atoms with Crippen molar-refractivity contribution in [2.45, 2.75) is 20.3 Å². The van der Waals surface area contributed by atoms with Crippen molar-refractivity contribution in [2.24, 2.45) is 0 Å². The number of carbonyl (C=O) groups is 1. The summed E-state index contributed by atoms with van der Waals surface area (Å²) in [7, 11) is 1.56. The number of hydrogen-bond acceptors (Lipinski definition) is 5. The zero-order valence-corrected chi connectivity index (χ0v) is 14.8. The van der Waals surface area contributed by atoms with Crippen molar-refractivity contribution in [3.8, 4) is 17.2 Å². The maximum absolute atomic E-state index is 12.5. The van der Waals surface area contributed by atoms with Crippen LogP contribution in [0.15, 0.2) is 36.4 Å². The lowest BCUT2D eigenvalue weighted by Gasteiger charge is -2.14. The van der Waals surface area contributed by atoms with Gasteiger partial charge in [0.15, 0.2) is 11.5 Å². The van der Waals surface area contributed by atoms with Crippen molar-refractivity contribution >= 4 is 17.3 Å². The molecule has 0 saturated heterocycles. The maximum Gasteiger partial charge on any atom is 0.255 e. The number of benzene rings is 2. The summed E-state index contributed by atoms with van der Waals surface area (Å²) in [5, 5.41) is 2.79. The van der Waals surface area contributed by atoms with Gasteiger partial charge in [0.1, 0.15) is 5.75 Å². The predicted octanol–water partition coefficient (Wildman–Crippen LogP) is 3.72. The van der Waals surface area contributed by atoms with Crippen LogP contribution in [-0.4, -0.2) is 26.2 Å². The van der Waals surface area contributed by atoms with Crippen molar-refractivity contribution < 1.29 is 19.0 Å². The summed E-state index contributed by atoms with van der Waals surface area (Å²) >= 11 is 0. The van der Waals surface area contributed by atoms with Crippen molar-refractivity contribution in [2.75, 3.05) is 31.4 Å². The molecule has 134 valence electrons. The van der Waals surface area contributed by atoms with Crippen LogP contribution in [0.3, 0.4) is 0 Å². The van der Waals surface area contributed by atoms with Gasteiger partial charge in [-0.25, -0.2) is 0 Å². The van der Waals surface area contributed by atoms with E-state index >= 15 is 0 Å². The van der Waals surface area contributed by atoms with Crippen molar-refractivity contribution in [1.29, 1.82) is 0 Å². The first kappa shape index (κ1) is 18.4. The highest BCUT2D eigenvalue weighted by Crippen LogP contribution is 2.30. The summed E-state index contributed by atoms with van der Waals surface area (Å²) in [5.41, 5.74) is 7.32. The van der Waals surface area contributed by atoms with Crippen LogP contribution in [-0.2, 0) is 0 Å². The van der Waals surface area contributed by atoms with E-state index in [1.54, 1.807) is 43.5 Å². The fourth-order valence-corrected chi connectivity index (χ4v) is 2.21. The Bertz CT molecular complexity index is 731. The molecule has 2 rings (SSSR count). The summed E-state index contributed by atoms with van der Waals surface area (Å²) in [6.45, 7) is 4.98. The molecule has 6 heteroatoms. The first-order chi connectivity index (χ1) is 12.1. The van der Waals surface area contributed by atoms with Crippen LogP contribution in [0.1, 0.15) is 30.6 Å². The summed E-state index contributed by atoms with van der Waals surface area (Å²) in [6, 6.07) is 10.2. The third-order valence-corrected chi connectivity index (χ3v) is 3.48. The first-order valence-corrected chi connectivity index (χ1v) is 8.23. The molecule has 0 aliphatic rings. The van der Waals surface area contributed by atoms with E-state index in [0.717, 1.165) is 6.42 Å². The third kappa shape index (κ3) is 4.79. The summed E-state index contributed by atoms with van der Waals surface area (Å²) in [6.07, 6.45) is 0.892. The lowest BCUT2D eigenvalue weighted by atomic mass is 10.1. The number of nitrogens with two attached hydrogens (primary N) is 1. The zero-order valence-electron chi connectivity index (χ0n) is 14.8. The van der Waals surface area contributed by atoms with Gasteiger partial charge in [-0.15, -0.1) is 0 Å². The minimum Gasteiger partial charge on any atom is -0.497 e. The molecule has 0 radical (unpaired) electrons. The molecule has 0 atom stereocenters. The van der Waals surface area contributed by atoms with Crippen LogP contribution < -0.4 is 25.3 Å². The highest BCUT2D eigenvalue weighted by atomic mass is 16.5. The largest absolute Gasteiger partial charge is 0.497 e. The van der Waals surface area contributed by atoms with Crippen molar-refractivity contribution in [3.05, 3.63) is 42.0 Å². The summed E-state index contributed by atoms with van der Waals surface area (Å²) in [5.74, 6) is 1.49. The number of hydrogen-bond donors (Lipinski definition) is 2. The van der Waals surface area contributed by atoms with Gasteiger partial charge in [0.25, 0.3) is 5.91 Å². The summed E-state index contributed by atoms with van der Waals surface area (Å²) in [4.78, 5) is 12.5. The smallest absolute Gasteiger partial charge is 0.255 e. The number of nitrogen functional groups attached to an aromatic ring is 1. The van der Waals surface area contributed by atoms with E-state index in [4.69, 9.17) is 19.9 Å². The standard InChI is InChI=1S/C19H24N2O4/c1-4-10-25-17-9-6-13(11-18(17)24-5-2)19(22)21-16-12-14(23-3)7-8-15(16)20/h6-9,11-12H,4-5,10,20H2,1-3H3,(H,21,22). The van der Waals surface area contributed by atoms with E-state index in [2.05, 4.69) is 5.32 Å². The zero-order chi connectivity index (χ0) is 18.2. The van der Waals surface area contributed by atoms with Gasteiger partial charge in [-0.3, -0.25) is 4.79 Å². The fraction of sp³-hybridized carbons (Fsp3) is 0.316. The number of anilines is 2. The lowest BCUT2D eigenvalue weighted by Crippen LogP contribution is -2.14. The van der Waals surface area contributed by atoms with Crippen LogP contribution >= 0.6 is 0 Å². The predicted molar refractivity (Wildman–Crippen MR) is 98.8 cm³/mol.